The highest BCUT2D eigenvalue weighted by molar-refractivity contribution is 9.10. The van der Waals surface area contributed by atoms with Gasteiger partial charge in [-0.1, -0.05) is 48.0 Å². The van der Waals surface area contributed by atoms with Gasteiger partial charge in [-0.05, 0) is 30.4 Å². The average Bonchev–Trinajstić information content (AvgIpc) is 2.17. The molecule has 15 heavy (non-hydrogen) atoms. The van der Waals surface area contributed by atoms with Crippen molar-refractivity contribution in [2.75, 3.05) is 0 Å². The molecule has 0 spiro atoms. The van der Waals surface area contributed by atoms with E-state index in [2.05, 4.69) is 54.0 Å². The Kier molecular flexibility index (Phi) is 8.01. The zero-order valence-corrected chi connectivity index (χ0v) is 10.7. The lowest BCUT2D eigenvalue weighted by Gasteiger charge is -2.05. The molecule has 1 N–H and O–H groups in total. The summed E-state index contributed by atoms with van der Waals surface area (Å²) in [6.45, 7) is 4.27. The van der Waals surface area contributed by atoms with Gasteiger partial charge in [0.2, 0.25) is 0 Å². The van der Waals surface area contributed by atoms with Crippen LogP contribution in [-0.4, -0.2) is 11.6 Å². The summed E-state index contributed by atoms with van der Waals surface area (Å²) >= 11 is 3.55. The molecule has 0 radical (unpaired) electrons. The monoisotopic (exact) mass is 272 g/mol. The Morgan fingerprint density at radius 2 is 1.93 bits per heavy atom. The molecule has 0 saturated carbocycles. The fraction of sp³-hybridized carbons (Fsp3) is 0.417. The largest absolute Gasteiger partial charge is 0.483 e. The van der Waals surface area contributed by atoms with E-state index in [4.69, 9.17) is 9.90 Å². The number of halogens is 1. The van der Waals surface area contributed by atoms with Gasteiger partial charge >= 0.3 is 0 Å². The van der Waals surface area contributed by atoms with E-state index in [1.54, 1.807) is 0 Å². The standard InChI is InChI=1S/C11H15Br.CH2O2/c1-9(2)7-8-10-5-3-4-6-11(10)12;2-1-3/h3-6,9H,7-8H2,1-2H3;1H,(H,2,3). The zero-order valence-electron chi connectivity index (χ0n) is 9.11. The van der Waals surface area contributed by atoms with Gasteiger partial charge in [-0.2, -0.15) is 0 Å². The number of benzene rings is 1. The first-order valence-corrected chi connectivity index (χ1v) is 5.72. The number of rotatable bonds is 3. The van der Waals surface area contributed by atoms with Gasteiger partial charge in [0.25, 0.3) is 6.47 Å². The molecule has 0 aliphatic heterocycles. The van der Waals surface area contributed by atoms with E-state index in [0.717, 1.165) is 5.92 Å². The maximum Gasteiger partial charge on any atom is 0.290 e. The van der Waals surface area contributed by atoms with Gasteiger partial charge in [-0.25, -0.2) is 0 Å². The molecular formula is C12H17BrO2. The molecular weight excluding hydrogens is 256 g/mol. The lowest BCUT2D eigenvalue weighted by Crippen LogP contribution is -1.92. The van der Waals surface area contributed by atoms with E-state index in [-0.39, 0.29) is 6.47 Å². The maximum atomic E-state index is 8.36. The van der Waals surface area contributed by atoms with E-state index in [9.17, 15) is 0 Å². The van der Waals surface area contributed by atoms with E-state index in [1.165, 1.54) is 22.9 Å². The van der Waals surface area contributed by atoms with Crippen LogP contribution in [0.1, 0.15) is 25.8 Å². The van der Waals surface area contributed by atoms with Gasteiger partial charge < -0.3 is 5.11 Å². The van der Waals surface area contributed by atoms with Crippen LogP contribution in [0.2, 0.25) is 0 Å². The Morgan fingerprint density at radius 1 is 1.40 bits per heavy atom. The summed E-state index contributed by atoms with van der Waals surface area (Å²) in [6, 6.07) is 8.45. The van der Waals surface area contributed by atoms with E-state index in [1.807, 2.05) is 0 Å². The van der Waals surface area contributed by atoms with Crippen molar-refractivity contribution in [2.45, 2.75) is 26.7 Å². The fourth-order valence-corrected chi connectivity index (χ4v) is 1.63. The highest BCUT2D eigenvalue weighted by Crippen LogP contribution is 2.18. The summed E-state index contributed by atoms with van der Waals surface area (Å²) < 4.78 is 1.24. The zero-order chi connectivity index (χ0) is 11.7. The second-order valence-corrected chi connectivity index (χ2v) is 4.48. The SMILES string of the molecule is CC(C)CCc1ccccc1Br.O=CO. The van der Waals surface area contributed by atoms with Crippen LogP contribution in [-0.2, 0) is 11.2 Å². The molecule has 0 heterocycles. The molecule has 1 rings (SSSR count). The highest BCUT2D eigenvalue weighted by atomic mass is 79.9. The van der Waals surface area contributed by atoms with Crippen LogP contribution in [0, 0.1) is 5.92 Å². The summed E-state index contributed by atoms with van der Waals surface area (Å²) in [5.41, 5.74) is 1.42. The van der Waals surface area contributed by atoms with Gasteiger partial charge in [-0.3, -0.25) is 4.79 Å². The van der Waals surface area contributed by atoms with Crippen molar-refractivity contribution in [3.05, 3.63) is 34.3 Å². The molecule has 0 bridgehead atoms. The first-order valence-electron chi connectivity index (χ1n) is 4.93. The highest BCUT2D eigenvalue weighted by Gasteiger charge is 1.99. The van der Waals surface area contributed by atoms with Gasteiger partial charge in [-0.15, -0.1) is 0 Å². The van der Waals surface area contributed by atoms with Crippen LogP contribution in [0.5, 0.6) is 0 Å². The van der Waals surface area contributed by atoms with Crippen molar-refractivity contribution >= 4 is 22.4 Å². The van der Waals surface area contributed by atoms with Crippen molar-refractivity contribution in [3.63, 3.8) is 0 Å². The fourth-order valence-electron chi connectivity index (χ4n) is 1.15. The summed E-state index contributed by atoms with van der Waals surface area (Å²) in [5.74, 6) is 0.789. The normalized spacial score (nSPS) is 9.33. The second-order valence-electron chi connectivity index (χ2n) is 3.63. The van der Waals surface area contributed by atoms with Crippen molar-refractivity contribution in [1.82, 2.24) is 0 Å². The molecule has 84 valence electrons. The van der Waals surface area contributed by atoms with Gasteiger partial charge in [0, 0.05) is 4.47 Å². The number of hydrogen-bond acceptors (Lipinski definition) is 1. The molecule has 0 saturated heterocycles. The van der Waals surface area contributed by atoms with Crippen LogP contribution in [0.3, 0.4) is 0 Å². The third kappa shape index (κ3) is 7.14. The molecule has 0 fully saturated rings. The summed E-state index contributed by atoms with van der Waals surface area (Å²) in [5, 5.41) is 6.89. The van der Waals surface area contributed by atoms with E-state index in [0.29, 0.717) is 0 Å². The Bertz CT molecular complexity index is 285. The minimum absolute atomic E-state index is 0.250. The smallest absolute Gasteiger partial charge is 0.290 e. The number of hydrogen-bond donors (Lipinski definition) is 1. The van der Waals surface area contributed by atoms with Crippen LogP contribution in [0.25, 0.3) is 0 Å². The molecule has 0 atom stereocenters. The predicted molar refractivity (Wildman–Crippen MR) is 66.0 cm³/mol. The predicted octanol–water partition coefficient (Wildman–Crippen LogP) is 3.74. The molecule has 0 unspecified atom stereocenters. The molecule has 1 aromatic carbocycles. The lowest BCUT2D eigenvalue weighted by molar-refractivity contribution is -0.122. The van der Waals surface area contributed by atoms with Crippen LogP contribution in [0.15, 0.2) is 28.7 Å². The van der Waals surface area contributed by atoms with Gasteiger partial charge in [0.15, 0.2) is 0 Å². The van der Waals surface area contributed by atoms with Crippen LogP contribution >= 0.6 is 15.9 Å². The maximum absolute atomic E-state index is 8.36. The van der Waals surface area contributed by atoms with Crippen molar-refractivity contribution in [3.8, 4) is 0 Å². The third-order valence-corrected chi connectivity index (χ3v) is 2.72. The van der Waals surface area contributed by atoms with Gasteiger partial charge in [0.05, 0.1) is 0 Å². The second kappa shape index (κ2) is 8.48. The third-order valence-electron chi connectivity index (χ3n) is 1.95. The Balaban J connectivity index is 0.000000583. The molecule has 0 amide bonds. The van der Waals surface area contributed by atoms with Crippen LogP contribution < -0.4 is 0 Å². The molecule has 3 heteroatoms. The summed E-state index contributed by atoms with van der Waals surface area (Å²) in [6.07, 6.45) is 2.45. The van der Waals surface area contributed by atoms with Crippen molar-refractivity contribution < 1.29 is 9.90 Å². The van der Waals surface area contributed by atoms with E-state index >= 15 is 0 Å². The molecule has 0 aliphatic rings. The first-order chi connectivity index (χ1) is 7.11. The molecule has 0 aliphatic carbocycles. The molecule has 2 nitrogen and oxygen atoms in total. The number of aryl methyl sites for hydroxylation is 1. The number of carbonyl (C=O) groups is 1. The summed E-state index contributed by atoms with van der Waals surface area (Å²) in [4.78, 5) is 8.36. The average molecular weight is 273 g/mol. The van der Waals surface area contributed by atoms with Crippen LogP contribution in [0.4, 0.5) is 0 Å². The molecule has 1 aromatic rings. The lowest BCUT2D eigenvalue weighted by atomic mass is 10.0. The van der Waals surface area contributed by atoms with Crippen molar-refractivity contribution in [1.29, 1.82) is 0 Å². The Labute approximate surface area is 99.5 Å². The topological polar surface area (TPSA) is 37.3 Å². The molecule has 0 aromatic heterocycles. The van der Waals surface area contributed by atoms with Crippen molar-refractivity contribution in [2.24, 2.45) is 5.92 Å². The first kappa shape index (κ1) is 14.2. The van der Waals surface area contributed by atoms with E-state index < -0.39 is 0 Å². The summed E-state index contributed by atoms with van der Waals surface area (Å²) in [7, 11) is 0. The Morgan fingerprint density at radius 3 is 2.40 bits per heavy atom. The quantitative estimate of drug-likeness (QED) is 0.852. The van der Waals surface area contributed by atoms with Gasteiger partial charge in [0.1, 0.15) is 0 Å². The number of carboxylic acid groups (broad SMARTS) is 1. The Hall–Kier alpha value is -0.830. The minimum atomic E-state index is -0.250. The minimum Gasteiger partial charge on any atom is -0.483 e.